The van der Waals surface area contributed by atoms with Gasteiger partial charge in [0.1, 0.15) is 5.75 Å². The molecule has 0 saturated carbocycles. The van der Waals surface area contributed by atoms with Gasteiger partial charge in [0.15, 0.2) is 0 Å². The van der Waals surface area contributed by atoms with Crippen molar-refractivity contribution >= 4 is 40.7 Å². The van der Waals surface area contributed by atoms with Crippen molar-refractivity contribution in [2.45, 2.75) is 4.90 Å². The maximum atomic E-state index is 6.08. The Kier molecular flexibility index (Phi) is 5.25. The van der Waals surface area contributed by atoms with Gasteiger partial charge in [-0.2, -0.15) is 0 Å². The van der Waals surface area contributed by atoms with Crippen LogP contribution < -0.4 is 10.5 Å². The van der Waals surface area contributed by atoms with Crippen LogP contribution >= 0.6 is 35.0 Å². The minimum Gasteiger partial charge on any atom is -0.491 e. The minimum atomic E-state index is 0.555. The zero-order valence-corrected chi connectivity index (χ0v) is 12.4. The van der Waals surface area contributed by atoms with Crippen molar-refractivity contribution in [1.82, 2.24) is 0 Å². The summed E-state index contributed by atoms with van der Waals surface area (Å²) < 4.78 is 5.60. The third-order valence-electron chi connectivity index (χ3n) is 2.39. The van der Waals surface area contributed by atoms with Crippen LogP contribution in [-0.2, 0) is 0 Å². The molecule has 2 rings (SSSR count). The van der Waals surface area contributed by atoms with Crippen molar-refractivity contribution in [2.24, 2.45) is 0 Å². The Morgan fingerprint density at radius 2 is 1.84 bits per heavy atom. The van der Waals surface area contributed by atoms with Gasteiger partial charge in [0, 0.05) is 16.3 Å². The van der Waals surface area contributed by atoms with Crippen LogP contribution in [0, 0.1) is 0 Å². The molecule has 5 heteroatoms. The number of halogens is 2. The van der Waals surface area contributed by atoms with Crippen LogP contribution in [0.2, 0.25) is 10.0 Å². The molecule has 0 aromatic heterocycles. The van der Waals surface area contributed by atoms with Crippen molar-refractivity contribution < 1.29 is 4.74 Å². The van der Waals surface area contributed by atoms with Gasteiger partial charge in [0.05, 0.1) is 16.7 Å². The molecule has 0 fully saturated rings. The van der Waals surface area contributed by atoms with Crippen LogP contribution in [0.3, 0.4) is 0 Å². The number of hydrogen-bond donors (Lipinski definition) is 1. The number of benzene rings is 2. The van der Waals surface area contributed by atoms with Crippen molar-refractivity contribution in [3.63, 3.8) is 0 Å². The van der Waals surface area contributed by atoms with Gasteiger partial charge in [-0.3, -0.25) is 0 Å². The van der Waals surface area contributed by atoms with Crippen LogP contribution in [0.5, 0.6) is 5.75 Å². The van der Waals surface area contributed by atoms with E-state index in [-0.39, 0.29) is 0 Å². The quantitative estimate of drug-likeness (QED) is 0.491. The van der Waals surface area contributed by atoms with Crippen LogP contribution in [0.25, 0.3) is 0 Å². The Labute approximate surface area is 126 Å². The van der Waals surface area contributed by atoms with Crippen molar-refractivity contribution in [3.8, 4) is 5.75 Å². The number of rotatable bonds is 5. The van der Waals surface area contributed by atoms with Gasteiger partial charge in [-0.25, -0.2) is 0 Å². The van der Waals surface area contributed by atoms with Crippen LogP contribution in [-0.4, -0.2) is 12.4 Å². The van der Waals surface area contributed by atoms with Crippen LogP contribution in [0.15, 0.2) is 47.4 Å². The summed E-state index contributed by atoms with van der Waals surface area (Å²) in [4.78, 5) is 0.962. The lowest BCUT2D eigenvalue weighted by molar-refractivity contribution is 0.344. The van der Waals surface area contributed by atoms with Crippen molar-refractivity contribution in [3.05, 3.63) is 52.5 Å². The molecule has 2 N–H and O–H groups in total. The lowest BCUT2D eigenvalue weighted by Gasteiger charge is -2.08. The molecule has 0 aliphatic carbocycles. The number of ether oxygens (including phenoxy) is 1. The third-order valence-corrected chi connectivity index (χ3v) is 4.16. The average molecular weight is 314 g/mol. The molecule has 0 heterocycles. The molecule has 2 aromatic rings. The highest BCUT2D eigenvalue weighted by molar-refractivity contribution is 7.99. The van der Waals surface area contributed by atoms with Gasteiger partial charge in [-0.05, 0) is 30.3 Å². The molecule has 0 spiro atoms. The minimum absolute atomic E-state index is 0.555. The molecule has 0 atom stereocenters. The van der Waals surface area contributed by atoms with Gasteiger partial charge >= 0.3 is 0 Å². The van der Waals surface area contributed by atoms with E-state index in [0.717, 1.165) is 10.6 Å². The summed E-state index contributed by atoms with van der Waals surface area (Å²) in [5, 5.41) is 1.33. The standard InChI is InChI=1S/C14H13Cl2NOS/c15-11-3-1-2-4-13(11)18-7-8-19-14-9-10(17)5-6-12(14)16/h1-6,9H,7-8,17H2. The summed E-state index contributed by atoms with van der Waals surface area (Å²) in [6, 6.07) is 12.9. The van der Waals surface area contributed by atoms with Crippen LogP contribution in [0.1, 0.15) is 0 Å². The fraction of sp³-hybridized carbons (Fsp3) is 0.143. The highest BCUT2D eigenvalue weighted by Crippen LogP contribution is 2.29. The predicted octanol–water partition coefficient (Wildman–Crippen LogP) is 4.75. The molecule has 0 unspecified atom stereocenters. The third kappa shape index (κ3) is 4.23. The Balaban J connectivity index is 1.84. The normalized spacial score (nSPS) is 10.4. The number of para-hydroxylation sites is 1. The van der Waals surface area contributed by atoms with Gasteiger partial charge in [-0.1, -0.05) is 35.3 Å². The van der Waals surface area contributed by atoms with Crippen molar-refractivity contribution in [1.29, 1.82) is 0 Å². The largest absolute Gasteiger partial charge is 0.491 e. The van der Waals surface area contributed by atoms with Crippen LogP contribution in [0.4, 0.5) is 5.69 Å². The number of hydrogen-bond acceptors (Lipinski definition) is 3. The fourth-order valence-electron chi connectivity index (χ4n) is 1.50. The first-order valence-corrected chi connectivity index (χ1v) is 7.46. The molecular weight excluding hydrogens is 301 g/mol. The highest BCUT2D eigenvalue weighted by atomic mass is 35.5. The molecular formula is C14H13Cl2NOS. The summed E-state index contributed by atoms with van der Waals surface area (Å²) in [6.45, 7) is 0.555. The van der Waals surface area contributed by atoms with Gasteiger partial charge in [-0.15, -0.1) is 11.8 Å². The van der Waals surface area contributed by atoms with E-state index in [9.17, 15) is 0 Å². The van der Waals surface area contributed by atoms with E-state index in [1.165, 1.54) is 0 Å². The smallest absolute Gasteiger partial charge is 0.137 e. The Hall–Kier alpha value is -1.03. The topological polar surface area (TPSA) is 35.2 Å². The molecule has 2 aromatic carbocycles. The lowest BCUT2D eigenvalue weighted by atomic mass is 10.3. The molecule has 0 amide bonds. The second-order valence-electron chi connectivity index (χ2n) is 3.82. The fourth-order valence-corrected chi connectivity index (χ4v) is 2.78. The van der Waals surface area contributed by atoms with E-state index in [2.05, 4.69) is 0 Å². The molecule has 0 radical (unpaired) electrons. The molecule has 19 heavy (non-hydrogen) atoms. The molecule has 0 bridgehead atoms. The second kappa shape index (κ2) is 6.94. The van der Waals surface area contributed by atoms with Gasteiger partial charge in [0.25, 0.3) is 0 Å². The number of thioether (sulfide) groups is 1. The maximum absolute atomic E-state index is 6.08. The second-order valence-corrected chi connectivity index (χ2v) is 5.77. The van der Waals surface area contributed by atoms with E-state index in [1.54, 1.807) is 30.0 Å². The average Bonchev–Trinajstić information content (AvgIpc) is 2.40. The number of nitrogens with two attached hydrogens (primary N) is 1. The zero-order valence-electron chi connectivity index (χ0n) is 10.1. The van der Waals surface area contributed by atoms with E-state index >= 15 is 0 Å². The first-order valence-electron chi connectivity index (χ1n) is 5.72. The monoisotopic (exact) mass is 313 g/mol. The molecule has 2 nitrogen and oxygen atoms in total. The first-order chi connectivity index (χ1) is 9.16. The zero-order chi connectivity index (χ0) is 13.7. The van der Waals surface area contributed by atoms with E-state index in [0.29, 0.717) is 28.1 Å². The molecule has 100 valence electrons. The Bertz CT molecular complexity index is 563. The summed E-state index contributed by atoms with van der Waals surface area (Å²) in [5.41, 5.74) is 6.43. The molecule has 0 saturated heterocycles. The van der Waals surface area contributed by atoms with Crippen molar-refractivity contribution in [2.75, 3.05) is 18.1 Å². The maximum Gasteiger partial charge on any atom is 0.137 e. The molecule has 0 aliphatic rings. The summed E-state index contributed by atoms with van der Waals surface area (Å²) in [7, 11) is 0. The Morgan fingerprint density at radius 3 is 2.63 bits per heavy atom. The lowest BCUT2D eigenvalue weighted by Crippen LogP contribution is -2.00. The number of anilines is 1. The summed E-state index contributed by atoms with van der Waals surface area (Å²) in [6.07, 6.45) is 0. The van der Waals surface area contributed by atoms with Gasteiger partial charge in [0.2, 0.25) is 0 Å². The number of nitrogen functional groups attached to an aromatic ring is 1. The highest BCUT2D eigenvalue weighted by Gasteiger charge is 2.03. The summed E-state index contributed by atoms with van der Waals surface area (Å²) in [5.74, 6) is 1.47. The molecule has 0 aliphatic heterocycles. The SMILES string of the molecule is Nc1ccc(Cl)c(SCCOc2ccccc2Cl)c1. The van der Waals surface area contributed by atoms with Gasteiger partial charge < -0.3 is 10.5 Å². The van der Waals surface area contributed by atoms with E-state index in [4.69, 9.17) is 33.7 Å². The predicted molar refractivity (Wildman–Crippen MR) is 83.5 cm³/mol. The van der Waals surface area contributed by atoms with E-state index < -0.39 is 0 Å². The Morgan fingerprint density at radius 1 is 1.05 bits per heavy atom. The first kappa shape index (κ1) is 14.4. The summed E-state index contributed by atoms with van der Waals surface area (Å²) >= 11 is 13.7. The van der Waals surface area contributed by atoms with E-state index in [1.807, 2.05) is 24.3 Å².